The van der Waals surface area contributed by atoms with E-state index in [1.165, 1.54) is 12.1 Å². The highest BCUT2D eigenvalue weighted by Gasteiger charge is 2.25. The number of rotatable bonds is 2. The molecule has 0 spiro atoms. The molecule has 134 valence electrons. The van der Waals surface area contributed by atoms with Gasteiger partial charge in [0.05, 0.1) is 0 Å². The number of carbonyl (C=O) groups excluding carboxylic acids is 1. The van der Waals surface area contributed by atoms with Crippen molar-refractivity contribution < 1.29 is 13.9 Å². The topological polar surface area (TPSA) is 38.7 Å². The molecule has 0 radical (unpaired) electrons. The van der Waals surface area contributed by atoms with Gasteiger partial charge in [-0.05, 0) is 57.4 Å². The molecule has 0 bridgehead atoms. The highest BCUT2D eigenvalue weighted by Crippen LogP contribution is 2.31. The van der Waals surface area contributed by atoms with Crippen LogP contribution < -0.4 is 0 Å². The zero-order valence-corrected chi connectivity index (χ0v) is 14.7. The van der Waals surface area contributed by atoms with Crippen LogP contribution in [0, 0.1) is 5.82 Å². The van der Waals surface area contributed by atoms with Gasteiger partial charge < -0.3 is 4.74 Å². The Balaban J connectivity index is 1.72. The van der Waals surface area contributed by atoms with E-state index in [1.54, 1.807) is 18.2 Å². The number of esters is 1. The van der Waals surface area contributed by atoms with E-state index in [0.29, 0.717) is 5.56 Å². The zero-order valence-electron chi connectivity index (χ0n) is 14.7. The third kappa shape index (κ3) is 2.76. The molecule has 0 N–H and O–H groups in total. The van der Waals surface area contributed by atoms with Crippen molar-refractivity contribution in [3.05, 3.63) is 102 Å². The summed E-state index contributed by atoms with van der Waals surface area (Å²) in [4.78, 5) is 16.7. The lowest BCUT2D eigenvalue weighted by Crippen LogP contribution is -2.05. The van der Waals surface area contributed by atoms with Crippen LogP contribution in [-0.4, -0.2) is 11.9 Å². The molecule has 1 heterocycles. The first-order valence-corrected chi connectivity index (χ1v) is 8.88. The van der Waals surface area contributed by atoms with Gasteiger partial charge in [-0.25, -0.2) is 14.2 Å². The Hall–Kier alpha value is -3.79. The van der Waals surface area contributed by atoms with E-state index in [2.05, 4.69) is 11.1 Å². The van der Waals surface area contributed by atoms with E-state index < -0.39 is 11.8 Å². The van der Waals surface area contributed by atoms with Crippen molar-refractivity contribution >= 4 is 39.5 Å². The summed E-state index contributed by atoms with van der Waals surface area (Å²) < 4.78 is 18.8. The summed E-state index contributed by atoms with van der Waals surface area (Å²) in [5.41, 5.74) is 1.53. The highest BCUT2D eigenvalue weighted by atomic mass is 19.1. The Morgan fingerprint density at radius 3 is 2.18 bits per heavy atom. The molecule has 4 heteroatoms. The fraction of sp³-hybridized carbons (Fsp3) is 0. The van der Waals surface area contributed by atoms with E-state index in [0.717, 1.165) is 27.1 Å². The summed E-state index contributed by atoms with van der Waals surface area (Å²) in [6.45, 7) is 0. The number of ether oxygens (including phenoxy) is 1. The van der Waals surface area contributed by atoms with Gasteiger partial charge in [0.1, 0.15) is 5.82 Å². The maximum absolute atomic E-state index is 13.5. The quantitative estimate of drug-likeness (QED) is 0.267. The lowest BCUT2D eigenvalue weighted by Gasteiger charge is -2.08. The number of cyclic esters (lactones) is 1. The number of halogens is 1. The first kappa shape index (κ1) is 16.4. The molecule has 0 saturated heterocycles. The van der Waals surface area contributed by atoms with Crippen LogP contribution in [0.25, 0.3) is 27.6 Å². The van der Waals surface area contributed by atoms with Gasteiger partial charge in [-0.15, -0.1) is 0 Å². The van der Waals surface area contributed by atoms with Gasteiger partial charge in [-0.1, -0.05) is 54.6 Å². The van der Waals surface area contributed by atoms with Crippen LogP contribution >= 0.6 is 0 Å². The SMILES string of the molecule is O=C1OC(c2cccc(F)c2)=N/C1=C\c1c2ccccc2cc2ccccc12. The number of benzene rings is 4. The molecule has 0 unspecified atom stereocenters. The molecular formula is C24H14FNO2. The molecule has 1 aliphatic rings. The number of carbonyl (C=O) groups is 1. The zero-order chi connectivity index (χ0) is 19.1. The Kier molecular flexibility index (Phi) is 3.76. The summed E-state index contributed by atoms with van der Waals surface area (Å²) in [5.74, 6) is -0.842. The number of fused-ring (bicyclic) bond motifs is 2. The van der Waals surface area contributed by atoms with Crippen molar-refractivity contribution in [1.82, 2.24) is 0 Å². The van der Waals surface area contributed by atoms with E-state index >= 15 is 0 Å². The number of aliphatic imine (C=N–C) groups is 1. The Morgan fingerprint density at radius 1 is 0.821 bits per heavy atom. The monoisotopic (exact) mass is 367 g/mol. The van der Waals surface area contributed by atoms with E-state index in [1.807, 2.05) is 48.5 Å². The number of hydrogen-bond acceptors (Lipinski definition) is 3. The highest BCUT2D eigenvalue weighted by molar-refractivity contribution is 6.15. The van der Waals surface area contributed by atoms with Crippen LogP contribution in [0.15, 0.2) is 89.6 Å². The maximum Gasteiger partial charge on any atom is 0.363 e. The van der Waals surface area contributed by atoms with Crippen LogP contribution in [0.3, 0.4) is 0 Å². The molecule has 0 amide bonds. The Morgan fingerprint density at radius 2 is 1.50 bits per heavy atom. The fourth-order valence-electron chi connectivity index (χ4n) is 3.50. The normalized spacial score (nSPS) is 15.2. The largest absolute Gasteiger partial charge is 0.402 e. The van der Waals surface area contributed by atoms with Gasteiger partial charge in [-0.2, -0.15) is 0 Å². The lowest BCUT2D eigenvalue weighted by atomic mass is 9.96. The van der Waals surface area contributed by atoms with Crippen LogP contribution in [-0.2, 0) is 9.53 Å². The molecular weight excluding hydrogens is 353 g/mol. The summed E-state index contributed by atoms with van der Waals surface area (Å²) >= 11 is 0. The molecule has 0 atom stereocenters. The average Bonchev–Trinajstić information content (AvgIpc) is 3.08. The van der Waals surface area contributed by atoms with Gasteiger partial charge in [0, 0.05) is 5.56 Å². The standard InChI is InChI=1S/C24H14FNO2/c25-18-9-5-8-17(13-18)23-26-22(24(27)28-23)14-21-19-10-3-1-6-15(19)12-16-7-2-4-11-20(16)21/h1-14H/b22-14-. The molecule has 28 heavy (non-hydrogen) atoms. The van der Waals surface area contributed by atoms with E-state index in [9.17, 15) is 9.18 Å². The van der Waals surface area contributed by atoms with Crippen LogP contribution in [0.2, 0.25) is 0 Å². The van der Waals surface area contributed by atoms with Gasteiger partial charge in [0.15, 0.2) is 5.70 Å². The maximum atomic E-state index is 13.5. The number of hydrogen-bond donors (Lipinski definition) is 0. The predicted molar refractivity (Wildman–Crippen MR) is 108 cm³/mol. The average molecular weight is 367 g/mol. The third-order valence-corrected chi connectivity index (χ3v) is 4.79. The Labute approximate surface area is 160 Å². The molecule has 0 fully saturated rings. The summed E-state index contributed by atoms with van der Waals surface area (Å²) in [7, 11) is 0. The molecule has 5 rings (SSSR count). The summed E-state index contributed by atoms with van der Waals surface area (Å²) in [5, 5.41) is 4.20. The Bertz CT molecular complexity index is 1270. The van der Waals surface area contributed by atoms with Crippen LogP contribution in [0.1, 0.15) is 11.1 Å². The van der Waals surface area contributed by atoms with Crippen LogP contribution in [0.4, 0.5) is 4.39 Å². The molecule has 1 aliphatic heterocycles. The summed E-state index contributed by atoms with van der Waals surface area (Å²) in [6.07, 6.45) is 1.75. The molecule has 3 nitrogen and oxygen atoms in total. The van der Waals surface area contributed by atoms with Crippen molar-refractivity contribution in [2.75, 3.05) is 0 Å². The minimum absolute atomic E-state index is 0.111. The van der Waals surface area contributed by atoms with E-state index in [4.69, 9.17) is 4.74 Å². The molecule has 4 aromatic rings. The molecule has 4 aromatic carbocycles. The van der Waals surface area contributed by atoms with Gasteiger partial charge in [0.2, 0.25) is 5.90 Å². The second-order valence-electron chi connectivity index (χ2n) is 6.58. The molecule has 0 aromatic heterocycles. The van der Waals surface area contributed by atoms with Gasteiger partial charge >= 0.3 is 5.97 Å². The minimum atomic E-state index is -0.545. The van der Waals surface area contributed by atoms with Gasteiger partial charge in [0.25, 0.3) is 0 Å². The van der Waals surface area contributed by atoms with Crippen molar-refractivity contribution in [2.45, 2.75) is 0 Å². The fourth-order valence-corrected chi connectivity index (χ4v) is 3.50. The summed E-state index contributed by atoms with van der Waals surface area (Å²) in [6, 6.07) is 24.0. The third-order valence-electron chi connectivity index (χ3n) is 4.79. The van der Waals surface area contributed by atoms with Gasteiger partial charge in [-0.3, -0.25) is 0 Å². The minimum Gasteiger partial charge on any atom is -0.402 e. The lowest BCUT2D eigenvalue weighted by molar-refractivity contribution is -0.129. The van der Waals surface area contributed by atoms with Crippen molar-refractivity contribution in [3.8, 4) is 0 Å². The van der Waals surface area contributed by atoms with Crippen LogP contribution in [0.5, 0.6) is 0 Å². The van der Waals surface area contributed by atoms with Crippen molar-refractivity contribution in [3.63, 3.8) is 0 Å². The number of nitrogens with zero attached hydrogens (tertiary/aromatic N) is 1. The second-order valence-corrected chi connectivity index (χ2v) is 6.58. The first-order valence-electron chi connectivity index (χ1n) is 8.88. The van der Waals surface area contributed by atoms with Crippen molar-refractivity contribution in [1.29, 1.82) is 0 Å². The smallest absolute Gasteiger partial charge is 0.363 e. The second kappa shape index (κ2) is 6.43. The molecule has 0 aliphatic carbocycles. The molecule has 0 saturated carbocycles. The predicted octanol–water partition coefficient (Wildman–Crippen LogP) is 5.48. The van der Waals surface area contributed by atoms with Crippen molar-refractivity contribution in [2.24, 2.45) is 4.99 Å². The van der Waals surface area contributed by atoms with E-state index in [-0.39, 0.29) is 11.6 Å². The first-order chi connectivity index (χ1) is 13.7.